The van der Waals surface area contributed by atoms with Gasteiger partial charge in [0, 0.05) is 11.3 Å². The van der Waals surface area contributed by atoms with Crippen molar-refractivity contribution in [2.24, 2.45) is 0 Å². The van der Waals surface area contributed by atoms with Crippen LogP contribution in [0.25, 0.3) is 16.8 Å². The third-order valence-corrected chi connectivity index (χ3v) is 5.54. The second-order valence-electron chi connectivity index (χ2n) is 7.17. The lowest BCUT2D eigenvalue weighted by molar-refractivity contribution is 0.0826. The van der Waals surface area contributed by atoms with Crippen molar-refractivity contribution < 1.29 is 4.74 Å². The highest BCUT2D eigenvalue weighted by molar-refractivity contribution is 5.94. The van der Waals surface area contributed by atoms with Gasteiger partial charge in [-0.15, -0.1) is 0 Å². The van der Waals surface area contributed by atoms with E-state index >= 15 is 0 Å². The minimum atomic E-state index is -0.549. The fourth-order valence-electron chi connectivity index (χ4n) is 4.04. The van der Waals surface area contributed by atoms with E-state index in [-0.39, 0.29) is 5.41 Å². The first-order chi connectivity index (χ1) is 11.6. The van der Waals surface area contributed by atoms with E-state index in [0.29, 0.717) is 0 Å². The topological polar surface area (TPSA) is 21.3 Å². The monoisotopic (exact) mass is 313 g/mol. The van der Waals surface area contributed by atoms with Gasteiger partial charge in [0.15, 0.2) is 0 Å². The van der Waals surface area contributed by atoms with Crippen molar-refractivity contribution in [1.82, 2.24) is 0 Å². The van der Waals surface area contributed by atoms with Crippen LogP contribution in [0.2, 0.25) is 0 Å². The first-order valence-corrected chi connectivity index (χ1v) is 8.38. The molecule has 118 valence electrons. The smallest absolute Gasteiger partial charge is 0.209 e. The van der Waals surface area contributed by atoms with Gasteiger partial charge in [0.25, 0.3) is 0 Å². The van der Waals surface area contributed by atoms with Crippen molar-refractivity contribution in [3.8, 4) is 5.75 Å². The SMILES string of the molecule is CC1(C)c2ccccc2NC12C=Cc1c(ccc3ccccc13)O2. The Morgan fingerprint density at radius 3 is 2.54 bits per heavy atom. The van der Waals surface area contributed by atoms with Gasteiger partial charge in [0.1, 0.15) is 5.75 Å². The fourth-order valence-corrected chi connectivity index (χ4v) is 4.04. The Hall–Kier alpha value is -2.74. The van der Waals surface area contributed by atoms with Gasteiger partial charge in [-0.25, -0.2) is 0 Å². The van der Waals surface area contributed by atoms with Crippen LogP contribution in [0, 0.1) is 0 Å². The molecule has 0 amide bonds. The van der Waals surface area contributed by atoms with Crippen molar-refractivity contribution in [2.75, 3.05) is 5.32 Å². The predicted octanol–water partition coefficient (Wildman–Crippen LogP) is 5.35. The summed E-state index contributed by atoms with van der Waals surface area (Å²) in [6, 6.07) is 21.1. The number of hydrogen-bond donors (Lipinski definition) is 1. The number of anilines is 1. The van der Waals surface area contributed by atoms with E-state index in [4.69, 9.17) is 4.74 Å². The lowest BCUT2D eigenvalue weighted by Gasteiger charge is -2.41. The van der Waals surface area contributed by atoms with Crippen molar-refractivity contribution >= 4 is 22.5 Å². The third-order valence-electron chi connectivity index (χ3n) is 5.54. The maximum absolute atomic E-state index is 6.59. The fraction of sp³-hybridized carbons (Fsp3) is 0.182. The van der Waals surface area contributed by atoms with E-state index in [1.165, 1.54) is 16.3 Å². The number of benzene rings is 3. The maximum Gasteiger partial charge on any atom is 0.209 e. The standard InChI is InChI=1S/C22H19NO/c1-21(2)18-9-5-6-10-19(18)23-22(21)14-13-17-16-8-4-3-7-15(16)11-12-20(17)24-22/h3-14,23H,1-2H3. The Labute approximate surface area is 141 Å². The number of hydrogen-bond acceptors (Lipinski definition) is 2. The zero-order chi connectivity index (χ0) is 16.4. The number of ether oxygens (including phenoxy) is 1. The molecule has 24 heavy (non-hydrogen) atoms. The molecular weight excluding hydrogens is 294 g/mol. The summed E-state index contributed by atoms with van der Waals surface area (Å²) < 4.78 is 6.59. The Bertz CT molecular complexity index is 1000. The van der Waals surface area contributed by atoms with Crippen LogP contribution in [-0.4, -0.2) is 5.72 Å². The van der Waals surface area contributed by atoms with E-state index in [9.17, 15) is 0 Å². The molecule has 3 aromatic carbocycles. The highest BCUT2D eigenvalue weighted by Gasteiger charge is 2.54. The largest absolute Gasteiger partial charge is 0.463 e. The average Bonchev–Trinajstić information content (AvgIpc) is 2.82. The first-order valence-electron chi connectivity index (χ1n) is 8.38. The summed E-state index contributed by atoms with van der Waals surface area (Å²) in [5, 5.41) is 6.09. The molecule has 1 spiro atoms. The van der Waals surface area contributed by atoms with E-state index in [2.05, 4.69) is 92.0 Å². The molecule has 2 heterocycles. The molecule has 0 fully saturated rings. The van der Waals surface area contributed by atoms with Crippen LogP contribution in [0.4, 0.5) is 5.69 Å². The van der Waals surface area contributed by atoms with Crippen molar-refractivity contribution in [3.05, 3.63) is 77.9 Å². The molecule has 0 radical (unpaired) electrons. The Morgan fingerprint density at radius 1 is 0.875 bits per heavy atom. The highest BCUT2D eigenvalue weighted by atomic mass is 16.5. The van der Waals surface area contributed by atoms with Gasteiger partial charge in [-0.05, 0) is 54.5 Å². The first kappa shape index (κ1) is 13.7. The molecule has 0 saturated carbocycles. The molecule has 0 saturated heterocycles. The van der Waals surface area contributed by atoms with E-state index in [0.717, 1.165) is 17.0 Å². The molecule has 2 aliphatic heterocycles. The summed E-state index contributed by atoms with van der Waals surface area (Å²) in [6.45, 7) is 4.48. The zero-order valence-electron chi connectivity index (χ0n) is 13.8. The van der Waals surface area contributed by atoms with Gasteiger partial charge in [-0.1, -0.05) is 48.5 Å². The second kappa shape index (κ2) is 4.41. The van der Waals surface area contributed by atoms with Crippen LogP contribution in [0.15, 0.2) is 66.7 Å². The second-order valence-corrected chi connectivity index (χ2v) is 7.17. The Morgan fingerprint density at radius 2 is 1.67 bits per heavy atom. The Balaban J connectivity index is 1.68. The van der Waals surface area contributed by atoms with Gasteiger partial charge >= 0.3 is 0 Å². The Kier molecular flexibility index (Phi) is 2.52. The number of para-hydroxylation sites is 1. The van der Waals surface area contributed by atoms with Crippen LogP contribution in [-0.2, 0) is 5.41 Å². The van der Waals surface area contributed by atoms with Crippen LogP contribution in [0.5, 0.6) is 5.75 Å². The molecule has 0 aliphatic carbocycles. The van der Waals surface area contributed by atoms with Crippen molar-refractivity contribution in [1.29, 1.82) is 0 Å². The summed E-state index contributed by atoms with van der Waals surface area (Å²) in [4.78, 5) is 0. The quantitative estimate of drug-likeness (QED) is 0.604. The molecule has 1 N–H and O–H groups in total. The third kappa shape index (κ3) is 1.60. The highest BCUT2D eigenvalue weighted by Crippen LogP contribution is 2.51. The normalized spacial score (nSPS) is 22.8. The van der Waals surface area contributed by atoms with E-state index < -0.39 is 5.72 Å². The molecule has 0 aromatic heterocycles. The zero-order valence-corrected chi connectivity index (χ0v) is 13.8. The summed E-state index contributed by atoms with van der Waals surface area (Å²) in [7, 11) is 0. The summed E-state index contributed by atoms with van der Waals surface area (Å²) in [5.74, 6) is 0.935. The van der Waals surface area contributed by atoms with E-state index in [1.807, 2.05) is 0 Å². The molecule has 3 aromatic rings. The van der Waals surface area contributed by atoms with Crippen LogP contribution in [0.1, 0.15) is 25.0 Å². The average molecular weight is 313 g/mol. The van der Waals surface area contributed by atoms with Gasteiger partial charge in [-0.3, -0.25) is 0 Å². The predicted molar refractivity (Wildman–Crippen MR) is 99.4 cm³/mol. The minimum Gasteiger partial charge on any atom is -0.463 e. The van der Waals surface area contributed by atoms with Crippen LogP contribution in [0.3, 0.4) is 0 Å². The van der Waals surface area contributed by atoms with Gasteiger partial charge in [0.05, 0.1) is 5.41 Å². The molecule has 1 atom stereocenters. The molecule has 5 rings (SSSR count). The lowest BCUT2D eigenvalue weighted by Crippen LogP contribution is -2.53. The van der Waals surface area contributed by atoms with Crippen LogP contribution < -0.4 is 10.1 Å². The molecular formula is C22H19NO. The van der Waals surface area contributed by atoms with E-state index in [1.54, 1.807) is 0 Å². The summed E-state index contributed by atoms with van der Waals surface area (Å²) in [5.41, 5.74) is 2.89. The molecule has 1 unspecified atom stereocenters. The molecule has 2 aliphatic rings. The minimum absolute atomic E-state index is 0.163. The molecule has 0 bridgehead atoms. The maximum atomic E-state index is 6.59. The van der Waals surface area contributed by atoms with Gasteiger partial charge in [0.2, 0.25) is 5.72 Å². The summed E-state index contributed by atoms with van der Waals surface area (Å²) >= 11 is 0. The number of rotatable bonds is 0. The van der Waals surface area contributed by atoms with Crippen LogP contribution >= 0.6 is 0 Å². The number of fused-ring (bicyclic) bond motifs is 4. The lowest BCUT2D eigenvalue weighted by atomic mass is 9.76. The number of nitrogens with one attached hydrogen (secondary N) is 1. The molecule has 2 nitrogen and oxygen atoms in total. The van der Waals surface area contributed by atoms with Crippen molar-refractivity contribution in [2.45, 2.75) is 25.0 Å². The summed E-state index contributed by atoms with van der Waals surface area (Å²) in [6.07, 6.45) is 4.39. The van der Waals surface area contributed by atoms with Gasteiger partial charge < -0.3 is 10.1 Å². The van der Waals surface area contributed by atoms with Gasteiger partial charge in [-0.2, -0.15) is 0 Å². The van der Waals surface area contributed by atoms with Crippen molar-refractivity contribution in [3.63, 3.8) is 0 Å². The molecule has 2 heteroatoms.